The van der Waals surface area contributed by atoms with E-state index >= 15 is 0 Å². The third-order valence-electron chi connectivity index (χ3n) is 5.01. The number of aromatic nitrogens is 3. The Morgan fingerprint density at radius 2 is 2.00 bits per heavy atom. The third-order valence-corrected chi connectivity index (χ3v) is 5.01. The Balaban J connectivity index is 1.44. The average molecular weight is 298 g/mol. The van der Waals surface area contributed by atoms with Gasteiger partial charge in [0.05, 0.1) is 11.5 Å². The van der Waals surface area contributed by atoms with Crippen molar-refractivity contribution in [1.29, 1.82) is 0 Å². The summed E-state index contributed by atoms with van der Waals surface area (Å²) in [5, 5.41) is 8.48. The van der Waals surface area contributed by atoms with Crippen LogP contribution >= 0.6 is 0 Å². The molecule has 0 N–H and O–H groups in total. The van der Waals surface area contributed by atoms with Gasteiger partial charge in [-0.15, -0.1) is 10.2 Å². The summed E-state index contributed by atoms with van der Waals surface area (Å²) in [5.41, 5.74) is 0.892. The molecule has 0 unspecified atom stereocenters. The maximum absolute atomic E-state index is 5.90. The number of hydrogen-bond acceptors (Lipinski definition) is 5. The van der Waals surface area contributed by atoms with Crippen molar-refractivity contribution < 1.29 is 4.42 Å². The lowest BCUT2D eigenvalue weighted by atomic mass is 9.94. The van der Waals surface area contributed by atoms with Crippen molar-refractivity contribution in [2.45, 2.75) is 50.5 Å². The normalized spacial score (nSPS) is 23.9. The van der Waals surface area contributed by atoms with E-state index in [9.17, 15) is 0 Å². The van der Waals surface area contributed by atoms with Gasteiger partial charge in [-0.25, -0.2) is 0 Å². The Morgan fingerprint density at radius 3 is 2.82 bits per heavy atom. The fourth-order valence-corrected chi connectivity index (χ4v) is 3.77. The van der Waals surface area contributed by atoms with Crippen LogP contribution in [0.5, 0.6) is 0 Å². The van der Waals surface area contributed by atoms with Gasteiger partial charge in [0.1, 0.15) is 0 Å². The first-order valence-corrected chi connectivity index (χ1v) is 8.38. The van der Waals surface area contributed by atoms with Crippen LogP contribution in [-0.4, -0.2) is 39.2 Å². The summed E-state index contributed by atoms with van der Waals surface area (Å²) < 4.78 is 5.90. The van der Waals surface area contributed by atoms with Gasteiger partial charge in [-0.05, 0) is 37.9 Å². The van der Waals surface area contributed by atoms with Crippen LogP contribution in [0.4, 0.5) is 0 Å². The van der Waals surface area contributed by atoms with Gasteiger partial charge in [-0.3, -0.25) is 9.88 Å². The largest absolute Gasteiger partial charge is 0.420 e. The molecule has 1 saturated carbocycles. The highest BCUT2D eigenvalue weighted by Crippen LogP contribution is 2.32. The molecule has 3 heterocycles. The van der Waals surface area contributed by atoms with Crippen LogP contribution < -0.4 is 0 Å². The van der Waals surface area contributed by atoms with Crippen LogP contribution in [0, 0.1) is 0 Å². The van der Waals surface area contributed by atoms with Gasteiger partial charge in [0.25, 0.3) is 0 Å². The van der Waals surface area contributed by atoms with E-state index in [1.54, 1.807) is 12.4 Å². The van der Waals surface area contributed by atoms with E-state index in [4.69, 9.17) is 4.42 Å². The lowest BCUT2D eigenvalue weighted by Crippen LogP contribution is -2.34. The van der Waals surface area contributed by atoms with E-state index in [0.717, 1.165) is 30.5 Å². The van der Waals surface area contributed by atoms with Gasteiger partial charge in [-0.2, -0.15) is 0 Å². The predicted molar refractivity (Wildman–Crippen MR) is 83.3 cm³/mol. The van der Waals surface area contributed by atoms with Gasteiger partial charge in [0.2, 0.25) is 11.8 Å². The highest BCUT2D eigenvalue weighted by Gasteiger charge is 2.32. The average Bonchev–Trinajstić information content (AvgIpc) is 3.26. The summed E-state index contributed by atoms with van der Waals surface area (Å²) in [6.45, 7) is 2.24. The molecule has 2 aromatic heterocycles. The minimum absolute atomic E-state index is 0.389. The fraction of sp³-hybridized carbons (Fsp3) is 0.588. The molecule has 0 spiro atoms. The Labute approximate surface area is 130 Å². The first-order valence-electron chi connectivity index (χ1n) is 8.38. The molecule has 5 heteroatoms. The summed E-state index contributed by atoms with van der Waals surface area (Å²) in [7, 11) is 0. The molecule has 0 bridgehead atoms. The van der Waals surface area contributed by atoms with E-state index in [-0.39, 0.29) is 0 Å². The lowest BCUT2D eigenvalue weighted by molar-refractivity contribution is 0.187. The lowest BCUT2D eigenvalue weighted by Gasteiger charge is -2.30. The van der Waals surface area contributed by atoms with E-state index in [1.165, 1.54) is 38.6 Å². The monoisotopic (exact) mass is 298 g/mol. The molecule has 2 fully saturated rings. The quantitative estimate of drug-likeness (QED) is 0.870. The van der Waals surface area contributed by atoms with E-state index in [2.05, 4.69) is 20.1 Å². The van der Waals surface area contributed by atoms with Crippen LogP contribution in [-0.2, 0) is 0 Å². The van der Waals surface area contributed by atoms with Crippen LogP contribution in [0.2, 0.25) is 0 Å². The zero-order valence-electron chi connectivity index (χ0n) is 12.8. The molecule has 1 atom stereocenters. The zero-order valence-corrected chi connectivity index (χ0v) is 12.8. The highest BCUT2D eigenvalue weighted by molar-refractivity contribution is 5.50. The molecular weight excluding hydrogens is 276 g/mol. The molecule has 0 aromatic carbocycles. The van der Waals surface area contributed by atoms with E-state index in [1.807, 2.05) is 12.1 Å². The zero-order chi connectivity index (χ0) is 14.8. The van der Waals surface area contributed by atoms with Gasteiger partial charge < -0.3 is 4.42 Å². The van der Waals surface area contributed by atoms with E-state index in [0.29, 0.717) is 11.8 Å². The predicted octanol–water partition coefficient (Wildman–Crippen LogP) is 3.25. The number of nitrogens with zero attached hydrogens (tertiary/aromatic N) is 4. The molecule has 0 amide bonds. The third kappa shape index (κ3) is 2.77. The minimum atomic E-state index is 0.389. The molecule has 116 valence electrons. The van der Waals surface area contributed by atoms with Crippen molar-refractivity contribution in [3.05, 3.63) is 30.4 Å². The second-order valence-corrected chi connectivity index (χ2v) is 6.46. The van der Waals surface area contributed by atoms with Crippen LogP contribution in [0.1, 0.15) is 50.3 Å². The summed E-state index contributed by atoms with van der Waals surface area (Å²) in [5.74, 6) is 1.76. The molecular formula is C17H22N4O. The van der Waals surface area contributed by atoms with Crippen molar-refractivity contribution in [1.82, 2.24) is 20.1 Å². The molecule has 5 nitrogen and oxygen atoms in total. The summed E-state index contributed by atoms with van der Waals surface area (Å²) >= 11 is 0. The summed E-state index contributed by atoms with van der Waals surface area (Å²) in [6, 6.07) is 4.62. The second-order valence-electron chi connectivity index (χ2n) is 6.46. The van der Waals surface area contributed by atoms with Crippen molar-refractivity contribution in [3.63, 3.8) is 0 Å². The van der Waals surface area contributed by atoms with Gasteiger partial charge >= 0.3 is 0 Å². The topological polar surface area (TPSA) is 55.1 Å². The van der Waals surface area contributed by atoms with Crippen LogP contribution in [0.3, 0.4) is 0 Å². The standard InChI is InChI=1S/C17H22N4O/c1-2-6-15(7-3-1)21-10-8-14(12-21)17-20-19-16(22-17)13-5-4-9-18-11-13/h4-5,9,11,14-15H,1-3,6-8,10,12H2/t14-/m0/s1. The Hall–Kier alpha value is -1.75. The Morgan fingerprint density at radius 1 is 1.09 bits per heavy atom. The molecule has 2 aliphatic rings. The van der Waals surface area contributed by atoms with Crippen LogP contribution in [0.25, 0.3) is 11.5 Å². The molecule has 0 radical (unpaired) electrons. The molecule has 1 saturated heterocycles. The second kappa shape index (κ2) is 6.16. The highest BCUT2D eigenvalue weighted by atomic mass is 16.4. The number of likely N-dealkylation sites (tertiary alicyclic amines) is 1. The molecule has 22 heavy (non-hydrogen) atoms. The maximum Gasteiger partial charge on any atom is 0.249 e. The molecule has 1 aliphatic heterocycles. The van der Waals surface area contributed by atoms with Crippen molar-refractivity contribution in [3.8, 4) is 11.5 Å². The SMILES string of the molecule is c1cncc(-c2nnc([C@H]3CCN(C4CCCCC4)C3)o2)c1. The first-order chi connectivity index (χ1) is 10.9. The van der Waals surface area contributed by atoms with Gasteiger partial charge in [0.15, 0.2) is 0 Å². The number of rotatable bonds is 3. The minimum Gasteiger partial charge on any atom is -0.420 e. The Kier molecular flexibility index (Phi) is 3.89. The van der Waals surface area contributed by atoms with Gasteiger partial charge in [0, 0.05) is 25.0 Å². The summed E-state index contributed by atoms with van der Waals surface area (Å²) in [4.78, 5) is 6.74. The van der Waals surface area contributed by atoms with Crippen molar-refractivity contribution in [2.75, 3.05) is 13.1 Å². The number of hydrogen-bond donors (Lipinski definition) is 0. The first kappa shape index (κ1) is 13.9. The fourth-order valence-electron chi connectivity index (χ4n) is 3.77. The van der Waals surface area contributed by atoms with Crippen LogP contribution in [0.15, 0.2) is 28.9 Å². The Bertz CT molecular complexity index is 606. The smallest absolute Gasteiger partial charge is 0.249 e. The number of pyridine rings is 1. The molecule has 1 aliphatic carbocycles. The van der Waals surface area contributed by atoms with E-state index < -0.39 is 0 Å². The molecule has 2 aromatic rings. The van der Waals surface area contributed by atoms with Crippen molar-refractivity contribution >= 4 is 0 Å². The maximum atomic E-state index is 5.90. The van der Waals surface area contributed by atoms with Gasteiger partial charge in [-0.1, -0.05) is 19.3 Å². The molecule has 4 rings (SSSR count). The van der Waals surface area contributed by atoms with Crippen molar-refractivity contribution in [2.24, 2.45) is 0 Å². The summed E-state index contributed by atoms with van der Waals surface area (Å²) in [6.07, 6.45) is 11.5.